The summed E-state index contributed by atoms with van der Waals surface area (Å²) >= 11 is 0. The summed E-state index contributed by atoms with van der Waals surface area (Å²) in [5.41, 5.74) is 3.45. The maximum atomic E-state index is 10.2. The van der Waals surface area contributed by atoms with Crippen LogP contribution in [0.2, 0.25) is 0 Å². The molecule has 20 heavy (non-hydrogen) atoms. The third kappa shape index (κ3) is 4.48. The molecule has 2 rings (SSSR count). The van der Waals surface area contributed by atoms with E-state index in [1.54, 1.807) is 7.11 Å². The van der Waals surface area contributed by atoms with E-state index in [0.29, 0.717) is 6.61 Å². The second-order valence-electron chi connectivity index (χ2n) is 5.07. The Morgan fingerprint density at radius 2 is 1.65 bits per heavy atom. The molecule has 0 aromatic heterocycles. The van der Waals surface area contributed by atoms with Gasteiger partial charge in [-0.25, -0.2) is 0 Å². The second-order valence-corrected chi connectivity index (χ2v) is 5.07. The molecule has 2 aromatic rings. The van der Waals surface area contributed by atoms with Crippen molar-refractivity contribution < 1.29 is 9.84 Å². The Labute approximate surface area is 121 Å². The first-order chi connectivity index (χ1) is 9.79. The Bertz CT molecular complexity index is 491. The molecule has 1 atom stereocenters. The molecule has 0 saturated carbocycles. The van der Waals surface area contributed by atoms with Crippen LogP contribution < -0.4 is 0 Å². The Morgan fingerprint density at radius 3 is 2.30 bits per heavy atom. The van der Waals surface area contributed by atoms with Crippen LogP contribution in [0.3, 0.4) is 0 Å². The molecule has 0 fully saturated rings. The third-order valence-corrected chi connectivity index (χ3v) is 3.46. The van der Waals surface area contributed by atoms with Gasteiger partial charge in [0.25, 0.3) is 0 Å². The van der Waals surface area contributed by atoms with Crippen LogP contribution in [0.1, 0.15) is 35.6 Å². The van der Waals surface area contributed by atoms with Gasteiger partial charge in [-0.3, -0.25) is 0 Å². The fourth-order valence-corrected chi connectivity index (χ4v) is 2.31. The highest BCUT2D eigenvalue weighted by atomic mass is 16.5. The highest BCUT2D eigenvalue weighted by molar-refractivity contribution is 5.23. The average Bonchev–Trinajstić information content (AvgIpc) is 2.49. The minimum absolute atomic E-state index is 0.379. The van der Waals surface area contributed by atoms with Crippen molar-refractivity contribution >= 4 is 0 Å². The Hall–Kier alpha value is -1.64. The zero-order chi connectivity index (χ0) is 14.2. The molecule has 0 spiro atoms. The second kappa shape index (κ2) is 7.83. The molecule has 0 amide bonds. The molecule has 0 heterocycles. The summed E-state index contributed by atoms with van der Waals surface area (Å²) in [6, 6.07) is 18.4. The molecule has 0 aliphatic heterocycles. The number of aliphatic hydroxyl groups excluding tert-OH is 1. The van der Waals surface area contributed by atoms with Crippen molar-refractivity contribution in [2.75, 3.05) is 7.11 Å². The van der Waals surface area contributed by atoms with Crippen LogP contribution >= 0.6 is 0 Å². The summed E-state index contributed by atoms with van der Waals surface area (Å²) < 4.78 is 5.08. The van der Waals surface area contributed by atoms with Crippen molar-refractivity contribution in [3.63, 3.8) is 0 Å². The summed E-state index contributed by atoms with van der Waals surface area (Å²) in [5, 5.41) is 10.2. The first kappa shape index (κ1) is 14.8. The normalized spacial score (nSPS) is 12.3. The summed E-state index contributed by atoms with van der Waals surface area (Å²) in [5.74, 6) is 0. The molecule has 1 N–H and O–H groups in total. The molecule has 0 aliphatic rings. The van der Waals surface area contributed by atoms with E-state index in [4.69, 9.17) is 4.74 Å². The molecule has 2 aromatic carbocycles. The first-order valence-electron chi connectivity index (χ1n) is 7.09. The van der Waals surface area contributed by atoms with Gasteiger partial charge in [0.05, 0.1) is 12.7 Å². The summed E-state index contributed by atoms with van der Waals surface area (Å²) in [6.07, 6.45) is 2.42. The molecule has 2 nitrogen and oxygen atoms in total. The van der Waals surface area contributed by atoms with Crippen LogP contribution in [0.15, 0.2) is 54.6 Å². The van der Waals surface area contributed by atoms with Crippen molar-refractivity contribution in [2.24, 2.45) is 0 Å². The first-order valence-corrected chi connectivity index (χ1v) is 7.09. The van der Waals surface area contributed by atoms with Crippen molar-refractivity contribution in [1.82, 2.24) is 0 Å². The molecule has 0 radical (unpaired) electrons. The number of hydrogen-bond donors (Lipinski definition) is 1. The molecule has 1 unspecified atom stereocenters. The van der Waals surface area contributed by atoms with Crippen molar-refractivity contribution in [1.29, 1.82) is 0 Å². The van der Waals surface area contributed by atoms with Gasteiger partial charge in [-0.2, -0.15) is 0 Å². The highest BCUT2D eigenvalue weighted by Gasteiger charge is 2.07. The highest BCUT2D eigenvalue weighted by Crippen LogP contribution is 2.20. The van der Waals surface area contributed by atoms with Gasteiger partial charge in [0.15, 0.2) is 0 Å². The van der Waals surface area contributed by atoms with E-state index in [0.717, 1.165) is 30.4 Å². The lowest BCUT2D eigenvalue weighted by molar-refractivity contribution is 0.164. The zero-order valence-electron chi connectivity index (χ0n) is 12.0. The van der Waals surface area contributed by atoms with Gasteiger partial charge in [0.2, 0.25) is 0 Å². The van der Waals surface area contributed by atoms with Gasteiger partial charge < -0.3 is 9.84 Å². The number of aliphatic hydroxyl groups is 1. The fourth-order valence-electron chi connectivity index (χ4n) is 2.31. The van der Waals surface area contributed by atoms with E-state index in [1.807, 2.05) is 30.3 Å². The van der Waals surface area contributed by atoms with Crippen LogP contribution in [-0.2, 0) is 17.8 Å². The molecular weight excluding hydrogens is 248 g/mol. The van der Waals surface area contributed by atoms with Crippen LogP contribution in [0.25, 0.3) is 0 Å². The number of rotatable bonds is 7. The summed E-state index contributed by atoms with van der Waals surface area (Å²) in [7, 11) is 1.69. The monoisotopic (exact) mass is 270 g/mol. The summed E-state index contributed by atoms with van der Waals surface area (Å²) in [6.45, 7) is 0.615. The number of ether oxygens (including phenoxy) is 1. The average molecular weight is 270 g/mol. The molecule has 106 valence electrons. The van der Waals surface area contributed by atoms with E-state index < -0.39 is 0 Å². The quantitative estimate of drug-likeness (QED) is 0.827. The van der Waals surface area contributed by atoms with E-state index in [2.05, 4.69) is 24.3 Å². The Kier molecular flexibility index (Phi) is 5.78. The van der Waals surface area contributed by atoms with E-state index in [1.165, 1.54) is 5.56 Å². The van der Waals surface area contributed by atoms with Crippen molar-refractivity contribution in [3.8, 4) is 0 Å². The lowest BCUT2D eigenvalue weighted by atomic mass is 10.0. The van der Waals surface area contributed by atoms with Gasteiger partial charge in [-0.15, -0.1) is 0 Å². The minimum Gasteiger partial charge on any atom is -0.388 e. The van der Waals surface area contributed by atoms with Gasteiger partial charge in [-0.05, 0) is 36.0 Å². The SMILES string of the molecule is COCc1ccc(C(O)CCCc2ccccc2)cc1. The van der Waals surface area contributed by atoms with Crippen molar-refractivity contribution in [3.05, 3.63) is 71.3 Å². The molecule has 2 heteroatoms. The predicted octanol–water partition coefficient (Wildman–Crippen LogP) is 3.89. The Balaban J connectivity index is 1.80. The predicted molar refractivity (Wildman–Crippen MR) is 81.5 cm³/mol. The van der Waals surface area contributed by atoms with Crippen LogP contribution in [-0.4, -0.2) is 12.2 Å². The van der Waals surface area contributed by atoms with Crippen LogP contribution in [0.4, 0.5) is 0 Å². The standard InChI is InChI=1S/C18H22O2/c1-20-14-16-10-12-17(13-11-16)18(19)9-5-8-15-6-3-2-4-7-15/h2-4,6-7,10-13,18-19H,5,8-9,14H2,1H3. The maximum absolute atomic E-state index is 10.2. The van der Waals surface area contributed by atoms with Crippen LogP contribution in [0, 0.1) is 0 Å². The van der Waals surface area contributed by atoms with Gasteiger partial charge in [0.1, 0.15) is 0 Å². The third-order valence-electron chi connectivity index (χ3n) is 3.46. The van der Waals surface area contributed by atoms with Gasteiger partial charge >= 0.3 is 0 Å². The smallest absolute Gasteiger partial charge is 0.0790 e. The number of aryl methyl sites for hydroxylation is 1. The largest absolute Gasteiger partial charge is 0.388 e. The lowest BCUT2D eigenvalue weighted by Gasteiger charge is -2.11. The molecular formula is C18H22O2. The minimum atomic E-state index is -0.379. The van der Waals surface area contributed by atoms with Gasteiger partial charge in [-0.1, -0.05) is 54.6 Å². The topological polar surface area (TPSA) is 29.5 Å². The molecule has 0 saturated heterocycles. The lowest BCUT2D eigenvalue weighted by Crippen LogP contribution is -1.99. The maximum Gasteiger partial charge on any atom is 0.0790 e. The summed E-state index contributed by atoms with van der Waals surface area (Å²) in [4.78, 5) is 0. The molecule has 0 aliphatic carbocycles. The number of hydrogen-bond acceptors (Lipinski definition) is 2. The van der Waals surface area contributed by atoms with Crippen molar-refractivity contribution in [2.45, 2.75) is 32.0 Å². The van der Waals surface area contributed by atoms with E-state index in [9.17, 15) is 5.11 Å². The van der Waals surface area contributed by atoms with Gasteiger partial charge in [0, 0.05) is 7.11 Å². The number of benzene rings is 2. The zero-order valence-corrected chi connectivity index (χ0v) is 12.0. The van der Waals surface area contributed by atoms with E-state index >= 15 is 0 Å². The Morgan fingerprint density at radius 1 is 0.950 bits per heavy atom. The molecule has 0 bridgehead atoms. The number of methoxy groups -OCH3 is 1. The van der Waals surface area contributed by atoms with Crippen LogP contribution in [0.5, 0.6) is 0 Å². The van der Waals surface area contributed by atoms with E-state index in [-0.39, 0.29) is 6.10 Å². The fraction of sp³-hybridized carbons (Fsp3) is 0.333.